The van der Waals surface area contributed by atoms with Crippen molar-refractivity contribution in [1.29, 1.82) is 0 Å². The van der Waals surface area contributed by atoms with E-state index in [0.717, 1.165) is 24.0 Å². The van der Waals surface area contributed by atoms with Crippen LogP contribution in [0.2, 0.25) is 5.02 Å². The third-order valence-electron chi connectivity index (χ3n) is 3.38. The summed E-state index contributed by atoms with van der Waals surface area (Å²) >= 11 is 6.12. The fourth-order valence-electron chi connectivity index (χ4n) is 2.36. The van der Waals surface area contributed by atoms with Crippen molar-refractivity contribution in [3.8, 4) is 0 Å². The normalized spacial score (nSPS) is 22.1. The Hall–Kier alpha value is -0.790. The molecule has 0 saturated heterocycles. The quantitative estimate of drug-likeness (QED) is 0.758. The number of halogens is 1. The van der Waals surface area contributed by atoms with Crippen LogP contribution in [0.3, 0.4) is 0 Å². The number of hydrogen-bond acceptors (Lipinski definition) is 1. The SMILES string of the molecule is OC(/C1=C/CCCCCC1)c1ccccc1Cl. The molecular formula is C15H19ClO. The summed E-state index contributed by atoms with van der Waals surface area (Å²) in [6.07, 6.45) is 8.74. The molecule has 2 heteroatoms. The minimum atomic E-state index is -0.526. The Labute approximate surface area is 108 Å². The van der Waals surface area contributed by atoms with E-state index in [1.807, 2.05) is 24.3 Å². The summed E-state index contributed by atoms with van der Waals surface area (Å²) in [5.74, 6) is 0. The molecule has 0 aromatic heterocycles. The van der Waals surface area contributed by atoms with E-state index in [1.54, 1.807) is 0 Å². The van der Waals surface area contributed by atoms with Crippen LogP contribution in [0.4, 0.5) is 0 Å². The minimum absolute atomic E-state index is 0.526. The van der Waals surface area contributed by atoms with Gasteiger partial charge in [0.15, 0.2) is 0 Å². The van der Waals surface area contributed by atoms with Gasteiger partial charge in [0.1, 0.15) is 6.10 Å². The average Bonchev–Trinajstić information content (AvgIpc) is 2.28. The van der Waals surface area contributed by atoms with E-state index in [9.17, 15) is 5.11 Å². The van der Waals surface area contributed by atoms with E-state index in [0.29, 0.717) is 5.02 Å². The van der Waals surface area contributed by atoms with Crippen molar-refractivity contribution in [2.24, 2.45) is 0 Å². The van der Waals surface area contributed by atoms with Gasteiger partial charge in [-0.05, 0) is 37.3 Å². The Morgan fingerprint density at radius 2 is 1.82 bits per heavy atom. The first-order valence-corrected chi connectivity index (χ1v) is 6.78. The summed E-state index contributed by atoms with van der Waals surface area (Å²) in [4.78, 5) is 0. The van der Waals surface area contributed by atoms with Gasteiger partial charge < -0.3 is 5.11 Å². The zero-order valence-corrected chi connectivity index (χ0v) is 10.8. The van der Waals surface area contributed by atoms with Crippen molar-refractivity contribution in [3.63, 3.8) is 0 Å². The van der Waals surface area contributed by atoms with Crippen LogP contribution in [0.15, 0.2) is 35.9 Å². The zero-order valence-electron chi connectivity index (χ0n) is 10.0. The van der Waals surface area contributed by atoms with Crippen molar-refractivity contribution in [3.05, 3.63) is 46.5 Å². The molecule has 0 fully saturated rings. The molecule has 0 heterocycles. The van der Waals surface area contributed by atoms with Crippen molar-refractivity contribution in [2.75, 3.05) is 0 Å². The number of aliphatic hydroxyl groups excluding tert-OH is 1. The zero-order chi connectivity index (χ0) is 12.1. The molecule has 2 rings (SSSR count). The first-order valence-electron chi connectivity index (χ1n) is 6.40. The maximum absolute atomic E-state index is 10.4. The van der Waals surface area contributed by atoms with E-state index in [1.165, 1.54) is 25.7 Å². The van der Waals surface area contributed by atoms with Gasteiger partial charge >= 0.3 is 0 Å². The van der Waals surface area contributed by atoms with E-state index in [-0.39, 0.29) is 0 Å². The molecule has 0 aliphatic heterocycles. The predicted molar refractivity (Wildman–Crippen MR) is 72.2 cm³/mol. The summed E-state index contributed by atoms with van der Waals surface area (Å²) in [6.45, 7) is 0. The van der Waals surface area contributed by atoms with E-state index >= 15 is 0 Å². The molecule has 92 valence electrons. The molecule has 0 radical (unpaired) electrons. The first-order chi connectivity index (χ1) is 8.29. The summed E-state index contributed by atoms with van der Waals surface area (Å²) in [5.41, 5.74) is 1.97. The van der Waals surface area contributed by atoms with E-state index in [2.05, 4.69) is 6.08 Å². The molecule has 1 aromatic rings. The molecule has 1 aliphatic rings. The topological polar surface area (TPSA) is 20.2 Å². The largest absolute Gasteiger partial charge is 0.384 e. The fourth-order valence-corrected chi connectivity index (χ4v) is 2.60. The smallest absolute Gasteiger partial charge is 0.101 e. The molecule has 0 saturated carbocycles. The molecule has 1 aliphatic carbocycles. The summed E-state index contributed by atoms with van der Waals surface area (Å²) in [7, 11) is 0. The highest BCUT2D eigenvalue weighted by molar-refractivity contribution is 6.31. The summed E-state index contributed by atoms with van der Waals surface area (Å²) < 4.78 is 0. The Balaban J connectivity index is 2.18. The highest BCUT2D eigenvalue weighted by Gasteiger charge is 2.16. The number of hydrogen-bond donors (Lipinski definition) is 1. The van der Waals surface area contributed by atoms with Crippen molar-refractivity contribution >= 4 is 11.6 Å². The highest BCUT2D eigenvalue weighted by Crippen LogP contribution is 2.32. The molecular weight excluding hydrogens is 232 g/mol. The number of allylic oxidation sites excluding steroid dienone is 1. The Morgan fingerprint density at radius 3 is 2.65 bits per heavy atom. The summed E-state index contributed by atoms with van der Waals surface area (Å²) in [6, 6.07) is 7.56. The average molecular weight is 251 g/mol. The molecule has 0 bridgehead atoms. The van der Waals surface area contributed by atoms with Gasteiger partial charge in [0.05, 0.1) is 0 Å². The maximum atomic E-state index is 10.4. The standard InChI is InChI=1S/C15H19ClO/c16-14-11-7-6-10-13(14)15(17)12-8-4-2-1-3-5-9-12/h6-8,10-11,15,17H,1-5,9H2/b12-8+. The first kappa shape index (κ1) is 12.7. The van der Waals surface area contributed by atoms with Crippen LogP contribution in [0, 0.1) is 0 Å². The van der Waals surface area contributed by atoms with E-state index in [4.69, 9.17) is 11.6 Å². The monoisotopic (exact) mass is 250 g/mol. The molecule has 1 atom stereocenters. The van der Waals surface area contributed by atoms with Gasteiger partial charge in [0.2, 0.25) is 0 Å². The van der Waals surface area contributed by atoms with Gasteiger partial charge in [-0.2, -0.15) is 0 Å². The molecule has 17 heavy (non-hydrogen) atoms. The second-order valence-corrected chi connectivity index (χ2v) is 5.06. The lowest BCUT2D eigenvalue weighted by Gasteiger charge is -2.18. The Kier molecular flexibility index (Phi) is 4.64. The van der Waals surface area contributed by atoms with Crippen LogP contribution in [0.1, 0.15) is 50.2 Å². The molecule has 1 aromatic carbocycles. The van der Waals surface area contributed by atoms with Crippen LogP contribution in [-0.2, 0) is 0 Å². The van der Waals surface area contributed by atoms with E-state index < -0.39 is 6.10 Å². The van der Waals surface area contributed by atoms with Crippen molar-refractivity contribution < 1.29 is 5.11 Å². The number of rotatable bonds is 2. The highest BCUT2D eigenvalue weighted by atomic mass is 35.5. The number of aliphatic hydroxyl groups is 1. The van der Waals surface area contributed by atoms with Gasteiger partial charge in [-0.1, -0.05) is 48.7 Å². The molecule has 1 N–H and O–H groups in total. The Bertz CT molecular complexity index is 398. The molecule has 0 spiro atoms. The molecule has 1 nitrogen and oxygen atoms in total. The third-order valence-corrected chi connectivity index (χ3v) is 3.72. The number of benzene rings is 1. The van der Waals surface area contributed by atoms with Crippen LogP contribution >= 0.6 is 11.6 Å². The second kappa shape index (κ2) is 6.23. The fraction of sp³-hybridized carbons (Fsp3) is 0.467. The summed E-state index contributed by atoms with van der Waals surface area (Å²) in [5, 5.41) is 11.0. The van der Waals surface area contributed by atoms with Gasteiger partial charge in [-0.25, -0.2) is 0 Å². The van der Waals surface area contributed by atoms with Gasteiger partial charge in [0, 0.05) is 10.6 Å². The molecule has 0 amide bonds. The Morgan fingerprint density at radius 1 is 1.06 bits per heavy atom. The van der Waals surface area contributed by atoms with Crippen molar-refractivity contribution in [1.82, 2.24) is 0 Å². The third kappa shape index (κ3) is 3.34. The van der Waals surface area contributed by atoms with Gasteiger partial charge in [-0.3, -0.25) is 0 Å². The lowest BCUT2D eigenvalue weighted by atomic mass is 9.93. The van der Waals surface area contributed by atoms with Gasteiger partial charge in [0.25, 0.3) is 0 Å². The van der Waals surface area contributed by atoms with Gasteiger partial charge in [-0.15, -0.1) is 0 Å². The lowest BCUT2D eigenvalue weighted by Crippen LogP contribution is -2.04. The maximum Gasteiger partial charge on any atom is 0.101 e. The van der Waals surface area contributed by atoms with Crippen LogP contribution in [0.5, 0.6) is 0 Å². The van der Waals surface area contributed by atoms with Crippen LogP contribution < -0.4 is 0 Å². The molecule has 1 unspecified atom stereocenters. The van der Waals surface area contributed by atoms with Crippen molar-refractivity contribution in [2.45, 2.75) is 44.6 Å². The second-order valence-electron chi connectivity index (χ2n) is 4.66. The minimum Gasteiger partial charge on any atom is -0.384 e. The lowest BCUT2D eigenvalue weighted by molar-refractivity contribution is 0.209. The van der Waals surface area contributed by atoms with Crippen LogP contribution in [0.25, 0.3) is 0 Å². The van der Waals surface area contributed by atoms with Crippen LogP contribution in [-0.4, -0.2) is 5.11 Å². The predicted octanol–water partition coefficient (Wildman–Crippen LogP) is 4.65.